The molecule has 0 unspecified atom stereocenters. The van der Waals surface area contributed by atoms with Gasteiger partial charge in [-0.1, -0.05) is 5.16 Å². The van der Waals surface area contributed by atoms with Crippen molar-refractivity contribution in [3.8, 4) is 0 Å². The minimum Gasteiger partial charge on any atom is -0.383 e. The van der Waals surface area contributed by atoms with E-state index < -0.39 is 0 Å². The van der Waals surface area contributed by atoms with Gasteiger partial charge in [0, 0.05) is 20.3 Å². The van der Waals surface area contributed by atoms with Gasteiger partial charge in [-0.25, -0.2) is 5.84 Å². The van der Waals surface area contributed by atoms with Gasteiger partial charge in [0.05, 0.1) is 13.2 Å². The average molecular weight is 228 g/mol. The van der Waals surface area contributed by atoms with Gasteiger partial charge in [0.15, 0.2) is 11.6 Å². The lowest BCUT2D eigenvalue weighted by Crippen LogP contribution is -2.31. The van der Waals surface area contributed by atoms with Gasteiger partial charge in [-0.2, -0.15) is 0 Å². The van der Waals surface area contributed by atoms with Crippen molar-refractivity contribution in [1.29, 1.82) is 0 Å². The molecule has 1 heterocycles. The SMILES string of the molecule is COCCN=C(NN)c1cc(COC)on1. The third-order valence-electron chi connectivity index (χ3n) is 1.79. The van der Waals surface area contributed by atoms with Gasteiger partial charge in [-0.05, 0) is 0 Å². The summed E-state index contributed by atoms with van der Waals surface area (Å²) in [4.78, 5) is 4.17. The lowest BCUT2D eigenvalue weighted by Gasteiger charge is -2.00. The second-order valence-electron chi connectivity index (χ2n) is 2.98. The van der Waals surface area contributed by atoms with Crippen LogP contribution in [-0.2, 0) is 16.1 Å². The highest BCUT2D eigenvalue weighted by Crippen LogP contribution is 2.04. The molecule has 0 saturated heterocycles. The van der Waals surface area contributed by atoms with E-state index in [2.05, 4.69) is 15.6 Å². The molecule has 0 fully saturated rings. The van der Waals surface area contributed by atoms with E-state index in [0.717, 1.165) is 0 Å². The van der Waals surface area contributed by atoms with Gasteiger partial charge >= 0.3 is 0 Å². The Morgan fingerprint density at radius 3 is 3.00 bits per heavy atom. The van der Waals surface area contributed by atoms with E-state index >= 15 is 0 Å². The van der Waals surface area contributed by atoms with Crippen molar-refractivity contribution in [1.82, 2.24) is 10.6 Å². The molecule has 0 aliphatic heterocycles. The maximum atomic E-state index is 5.34. The number of nitrogens with one attached hydrogen (secondary N) is 1. The van der Waals surface area contributed by atoms with Crippen LogP contribution in [0.15, 0.2) is 15.6 Å². The van der Waals surface area contributed by atoms with Gasteiger partial charge in [0.1, 0.15) is 12.3 Å². The predicted molar refractivity (Wildman–Crippen MR) is 57.8 cm³/mol. The summed E-state index contributed by atoms with van der Waals surface area (Å²) in [5.74, 6) is 6.41. The predicted octanol–water partition coefficient (Wildman–Crippen LogP) is -0.323. The second kappa shape index (κ2) is 6.94. The first-order valence-electron chi connectivity index (χ1n) is 4.76. The molecular formula is C9H16N4O3. The van der Waals surface area contributed by atoms with Crippen LogP contribution >= 0.6 is 0 Å². The van der Waals surface area contributed by atoms with E-state index in [4.69, 9.17) is 19.8 Å². The van der Waals surface area contributed by atoms with Crippen LogP contribution in [0.3, 0.4) is 0 Å². The number of amidine groups is 1. The largest absolute Gasteiger partial charge is 0.383 e. The van der Waals surface area contributed by atoms with Crippen molar-refractivity contribution in [3.05, 3.63) is 17.5 Å². The van der Waals surface area contributed by atoms with E-state index in [1.165, 1.54) is 0 Å². The molecule has 0 bridgehead atoms. The summed E-state index contributed by atoms with van der Waals surface area (Å²) in [5, 5.41) is 3.82. The van der Waals surface area contributed by atoms with Crippen LogP contribution in [0.1, 0.15) is 11.5 Å². The van der Waals surface area contributed by atoms with Crippen molar-refractivity contribution in [3.63, 3.8) is 0 Å². The van der Waals surface area contributed by atoms with E-state index in [9.17, 15) is 0 Å². The molecule has 0 aliphatic carbocycles. The summed E-state index contributed by atoms with van der Waals surface area (Å²) in [6.07, 6.45) is 0. The molecule has 0 spiro atoms. The monoisotopic (exact) mass is 228 g/mol. The minimum absolute atomic E-state index is 0.364. The second-order valence-corrected chi connectivity index (χ2v) is 2.98. The van der Waals surface area contributed by atoms with Crippen LogP contribution in [0.4, 0.5) is 0 Å². The summed E-state index contributed by atoms with van der Waals surface area (Å²) >= 11 is 0. The van der Waals surface area contributed by atoms with E-state index in [1.807, 2.05) is 0 Å². The van der Waals surface area contributed by atoms with Crippen LogP contribution in [0.5, 0.6) is 0 Å². The normalized spacial score (nSPS) is 11.8. The summed E-state index contributed by atoms with van der Waals surface area (Å²) < 4.78 is 14.8. The van der Waals surface area contributed by atoms with Crippen molar-refractivity contribution in [2.75, 3.05) is 27.4 Å². The van der Waals surface area contributed by atoms with Crippen LogP contribution in [-0.4, -0.2) is 38.4 Å². The van der Waals surface area contributed by atoms with Crippen molar-refractivity contribution in [2.45, 2.75) is 6.61 Å². The van der Waals surface area contributed by atoms with Crippen LogP contribution < -0.4 is 11.3 Å². The topological polar surface area (TPSA) is 94.9 Å². The number of hydrogen-bond acceptors (Lipinski definition) is 6. The summed E-state index contributed by atoms with van der Waals surface area (Å²) in [5.41, 5.74) is 3.01. The van der Waals surface area contributed by atoms with E-state index in [0.29, 0.717) is 37.0 Å². The number of nitrogens with zero attached hydrogens (tertiary/aromatic N) is 2. The number of aliphatic imine (C=N–C) groups is 1. The molecule has 3 N–H and O–H groups in total. The number of rotatable bonds is 6. The Kier molecular flexibility index (Phi) is 5.48. The molecule has 90 valence electrons. The Morgan fingerprint density at radius 2 is 2.38 bits per heavy atom. The number of methoxy groups -OCH3 is 2. The Balaban J connectivity index is 2.66. The first-order valence-corrected chi connectivity index (χ1v) is 4.76. The smallest absolute Gasteiger partial charge is 0.165 e. The molecular weight excluding hydrogens is 212 g/mol. The van der Waals surface area contributed by atoms with Crippen LogP contribution in [0.25, 0.3) is 0 Å². The Bertz CT molecular complexity index is 337. The highest BCUT2D eigenvalue weighted by Gasteiger charge is 2.09. The number of hydrazine groups is 1. The number of ether oxygens (including phenoxy) is 2. The molecule has 0 aliphatic rings. The molecule has 0 aromatic carbocycles. The highest BCUT2D eigenvalue weighted by atomic mass is 16.5. The van der Waals surface area contributed by atoms with Gasteiger partial charge in [0.2, 0.25) is 0 Å². The number of nitrogens with two attached hydrogens (primary N) is 1. The number of aromatic nitrogens is 1. The lowest BCUT2D eigenvalue weighted by molar-refractivity contribution is 0.156. The Labute approximate surface area is 93.6 Å². The minimum atomic E-state index is 0.364. The maximum absolute atomic E-state index is 5.34. The first kappa shape index (κ1) is 12.6. The summed E-state index contributed by atoms with van der Waals surface area (Å²) in [6.45, 7) is 1.39. The fourth-order valence-corrected chi connectivity index (χ4v) is 1.08. The van der Waals surface area contributed by atoms with Gasteiger partial charge in [-0.3, -0.25) is 4.99 Å². The molecule has 7 nitrogen and oxygen atoms in total. The van der Waals surface area contributed by atoms with Crippen molar-refractivity contribution >= 4 is 5.84 Å². The standard InChI is InChI=1S/C9H16N4O3/c1-14-4-3-11-9(12-10)8-5-7(6-15-2)16-13-8/h5H,3-4,6,10H2,1-2H3,(H,11,12). The Hall–Kier alpha value is -1.44. The van der Waals surface area contributed by atoms with Crippen molar-refractivity contribution < 1.29 is 14.0 Å². The molecule has 1 aromatic rings. The fraction of sp³-hybridized carbons (Fsp3) is 0.556. The molecule has 16 heavy (non-hydrogen) atoms. The molecule has 0 radical (unpaired) electrons. The molecule has 7 heteroatoms. The zero-order chi connectivity index (χ0) is 11.8. The van der Waals surface area contributed by atoms with Gasteiger partial charge in [0.25, 0.3) is 0 Å². The van der Waals surface area contributed by atoms with Crippen molar-refractivity contribution in [2.24, 2.45) is 10.8 Å². The zero-order valence-corrected chi connectivity index (χ0v) is 9.40. The average Bonchev–Trinajstić information content (AvgIpc) is 2.74. The summed E-state index contributed by atoms with van der Waals surface area (Å²) in [6, 6.07) is 1.72. The fourth-order valence-electron chi connectivity index (χ4n) is 1.08. The third-order valence-corrected chi connectivity index (χ3v) is 1.79. The van der Waals surface area contributed by atoms with Gasteiger partial charge < -0.3 is 19.4 Å². The van der Waals surface area contributed by atoms with Crippen LogP contribution in [0.2, 0.25) is 0 Å². The first-order chi connectivity index (χ1) is 7.81. The third kappa shape index (κ3) is 3.61. The molecule has 0 atom stereocenters. The van der Waals surface area contributed by atoms with Crippen LogP contribution in [0, 0.1) is 0 Å². The quantitative estimate of drug-likeness (QED) is 0.228. The van der Waals surface area contributed by atoms with E-state index in [-0.39, 0.29) is 0 Å². The zero-order valence-electron chi connectivity index (χ0n) is 9.40. The van der Waals surface area contributed by atoms with Gasteiger partial charge in [-0.15, -0.1) is 0 Å². The highest BCUT2D eigenvalue weighted by molar-refractivity contribution is 5.96. The lowest BCUT2D eigenvalue weighted by atomic mass is 10.3. The Morgan fingerprint density at radius 1 is 1.56 bits per heavy atom. The molecule has 0 amide bonds. The molecule has 1 aromatic heterocycles. The molecule has 0 saturated carbocycles. The summed E-state index contributed by atoms with van der Waals surface area (Å²) in [7, 11) is 3.19. The number of hydrogen-bond donors (Lipinski definition) is 2. The molecule has 1 rings (SSSR count). The van der Waals surface area contributed by atoms with E-state index in [1.54, 1.807) is 20.3 Å². The maximum Gasteiger partial charge on any atom is 0.165 e.